The van der Waals surface area contributed by atoms with Gasteiger partial charge in [0.15, 0.2) is 17.1 Å². The van der Waals surface area contributed by atoms with Crippen LogP contribution >= 0.6 is 0 Å². The van der Waals surface area contributed by atoms with Crippen LogP contribution in [0, 0.1) is 6.92 Å². The van der Waals surface area contributed by atoms with Crippen LogP contribution in [0.25, 0.3) is 11.2 Å². The summed E-state index contributed by atoms with van der Waals surface area (Å²) in [5.74, 6) is 2.44. The smallest absolute Gasteiger partial charge is 0.351 e. The van der Waals surface area contributed by atoms with E-state index in [4.69, 9.17) is 18.9 Å². The van der Waals surface area contributed by atoms with Crippen LogP contribution in [0.4, 0.5) is 0 Å². The van der Waals surface area contributed by atoms with Crippen LogP contribution in [0.1, 0.15) is 60.9 Å². The number of aromatic nitrogens is 3. The second-order valence-corrected chi connectivity index (χ2v) is 9.47. The largest absolute Gasteiger partial charge is 0.473 e. The Labute approximate surface area is 222 Å². The molecule has 2 aromatic heterocycles. The van der Waals surface area contributed by atoms with Gasteiger partial charge >= 0.3 is 5.97 Å². The molecule has 4 aromatic rings. The fourth-order valence-corrected chi connectivity index (χ4v) is 4.99. The number of rotatable bonds is 10. The number of carbonyl (C=O) groups is 1. The molecule has 0 N–H and O–H groups in total. The van der Waals surface area contributed by atoms with Crippen LogP contribution in [-0.4, -0.2) is 34.4 Å². The van der Waals surface area contributed by atoms with Crippen molar-refractivity contribution in [2.45, 2.75) is 59.1 Å². The SMILES string of the molecule is CCCc1cc(Cn2c(C)nc3ncccc32)cc(CCC)c1OC(C(=O)OC)c1ccc2c(c1)OCO2. The fraction of sp³-hybridized carbons (Fsp3) is 0.367. The third-order valence-corrected chi connectivity index (χ3v) is 6.75. The van der Waals surface area contributed by atoms with E-state index in [0.717, 1.165) is 65.1 Å². The summed E-state index contributed by atoms with van der Waals surface area (Å²) >= 11 is 0. The third kappa shape index (κ3) is 5.03. The van der Waals surface area contributed by atoms with Gasteiger partial charge < -0.3 is 23.5 Å². The lowest BCUT2D eigenvalue weighted by molar-refractivity contribution is -0.149. The zero-order valence-electron chi connectivity index (χ0n) is 22.3. The maximum Gasteiger partial charge on any atom is 0.351 e. The number of imidazole rings is 1. The highest BCUT2D eigenvalue weighted by molar-refractivity contribution is 5.77. The molecule has 5 rings (SSSR count). The Bertz CT molecular complexity index is 1430. The number of carbonyl (C=O) groups excluding carboxylic acids is 1. The first-order chi connectivity index (χ1) is 18.5. The quantitative estimate of drug-likeness (QED) is 0.250. The molecular formula is C30H33N3O5. The van der Waals surface area contributed by atoms with Gasteiger partial charge in [0, 0.05) is 18.3 Å². The van der Waals surface area contributed by atoms with Crippen molar-refractivity contribution in [3.05, 3.63) is 76.7 Å². The minimum Gasteiger partial charge on any atom is -0.473 e. The van der Waals surface area contributed by atoms with Crippen molar-refractivity contribution in [3.8, 4) is 17.2 Å². The maximum atomic E-state index is 13.0. The van der Waals surface area contributed by atoms with Crippen molar-refractivity contribution in [3.63, 3.8) is 0 Å². The number of hydrogen-bond donors (Lipinski definition) is 0. The molecule has 1 unspecified atom stereocenters. The number of fused-ring (bicyclic) bond motifs is 2. The number of methoxy groups -OCH3 is 1. The van der Waals surface area contributed by atoms with Gasteiger partial charge in [0.1, 0.15) is 11.6 Å². The Kier molecular flexibility index (Phi) is 7.49. The van der Waals surface area contributed by atoms with Gasteiger partial charge in [-0.15, -0.1) is 0 Å². The first-order valence-corrected chi connectivity index (χ1v) is 13.1. The molecule has 0 amide bonds. The summed E-state index contributed by atoms with van der Waals surface area (Å²) in [7, 11) is 1.38. The van der Waals surface area contributed by atoms with Crippen LogP contribution in [0.3, 0.4) is 0 Å². The summed E-state index contributed by atoms with van der Waals surface area (Å²) in [5.41, 5.74) is 5.72. The van der Waals surface area contributed by atoms with Crippen molar-refractivity contribution in [1.82, 2.24) is 14.5 Å². The van der Waals surface area contributed by atoms with Gasteiger partial charge in [-0.2, -0.15) is 0 Å². The van der Waals surface area contributed by atoms with Gasteiger partial charge in [-0.3, -0.25) is 0 Å². The van der Waals surface area contributed by atoms with Crippen molar-refractivity contribution in [2.75, 3.05) is 13.9 Å². The highest BCUT2D eigenvalue weighted by Gasteiger charge is 2.28. The summed E-state index contributed by atoms with van der Waals surface area (Å²) in [6, 6.07) is 13.8. The molecule has 0 spiro atoms. The number of pyridine rings is 1. The van der Waals surface area contributed by atoms with E-state index in [1.165, 1.54) is 7.11 Å². The molecule has 1 atom stereocenters. The summed E-state index contributed by atoms with van der Waals surface area (Å²) in [4.78, 5) is 22.0. The fourth-order valence-electron chi connectivity index (χ4n) is 4.99. The van der Waals surface area contributed by atoms with Crippen LogP contribution in [0.15, 0.2) is 48.7 Å². The normalized spacial score (nSPS) is 13.1. The summed E-state index contributed by atoms with van der Waals surface area (Å²) < 4.78 is 24.9. The molecule has 3 heterocycles. The first kappa shape index (κ1) is 25.6. The van der Waals surface area contributed by atoms with E-state index < -0.39 is 12.1 Å². The van der Waals surface area contributed by atoms with Crippen molar-refractivity contribution in [2.24, 2.45) is 0 Å². The van der Waals surface area contributed by atoms with Crippen molar-refractivity contribution < 1.29 is 23.7 Å². The molecular weight excluding hydrogens is 482 g/mol. The molecule has 1 aliphatic heterocycles. The zero-order valence-corrected chi connectivity index (χ0v) is 22.3. The van der Waals surface area contributed by atoms with Crippen molar-refractivity contribution in [1.29, 1.82) is 0 Å². The Morgan fingerprint density at radius 3 is 2.50 bits per heavy atom. The van der Waals surface area contributed by atoms with Crippen LogP contribution in [-0.2, 0) is 28.9 Å². The first-order valence-electron chi connectivity index (χ1n) is 13.1. The summed E-state index contributed by atoms with van der Waals surface area (Å²) in [5, 5.41) is 0. The molecule has 38 heavy (non-hydrogen) atoms. The van der Waals surface area contributed by atoms with Gasteiger partial charge in [0.2, 0.25) is 12.9 Å². The minimum atomic E-state index is -0.933. The molecule has 0 aliphatic carbocycles. The van der Waals surface area contributed by atoms with E-state index in [0.29, 0.717) is 23.6 Å². The average molecular weight is 516 g/mol. The summed E-state index contributed by atoms with van der Waals surface area (Å²) in [6.07, 6.45) is 4.35. The predicted molar refractivity (Wildman–Crippen MR) is 144 cm³/mol. The monoisotopic (exact) mass is 515 g/mol. The number of aryl methyl sites for hydroxylation is 3. The lowest BCUT2D eigenvalue weighted by Crippen LogP contribution is -2.21. The highest BCUT2D eigenvalue weighted by atomic mass is 16.7. The highest BCUT2D eigenvalue weighted by Crippen LogP contribution is 2.38. The van der Waals surface area contributed by atoms with E-state index in [1.807, 2.05) is 25.1 Å². The van der Waals surface area contributed by atoms with E-state index in [-0.39, 0.29) is 6.79 Å². The van der Waals surface area contributed by atoms with Crippen LogP contribution in [0.2, 0.25) is 0 Å². The van der Waals surface area contributed by atoms with Gasteiger partial charge in [0.05, 0.1) is 12.6 Å². The lowest BCUT2D eigenvalue weighted by atomic mass is 9.97. The topological polar surface area (TPSA) is 84.7 Å². The van der Waals surface area contributed by atoms with E-state index >= 15 is 0 Å². The Hall–Kier alpha value is -4.07. The van der Waals surface area contributed by atoms with Gasteiger partial charge in [0.25, 0.3) is 0 Å². The van der Waals surface area contributed by atoms with Crippen LogP contribution in [0.5, 0.6) is 17.2 Å². The summed E-state index contributed by atoms with van der Waals surface area (Å²) in [6.45, 7) is 7.12. The number of ether oxygens (including phenoxy) is 4. The second-order valence-electron chi connectivity index (χ2n) is 9.47. The van der Waals surface area contributed by atoms with Gasteiger partial charge in [-0.1, -0.05) is 44.9 Å². The van der Waals surface area contributed by atoms with E-state index in [9.17, 15) is 4.79 Å². The predicted octanol–water partition coefficient (Wildman–Crippen LogP) is 5.71. The zero-order chi connectivity index (χ0) is 26.6. The minimum absolute atomic E-state index is 0.160. The van der Waals surface area contributed by atoms with Gasteiger partial charge in [-0.25, -0.2) is 14.8 Å². The molecule has 0 radical (unpaired) electrons. The number of hydrogen-bond acceptors (Lipinski definition) is 7. The van der Waals surface area contributed by atoms with Crippen LogP contribution < -0.4 is 14.2 Å². The number of esters is 1. The molecule has 0 saturated heterocycles. The molecule has 2 aromatic carbocycles. The molecule has 8 nitrogen and oxygen atoms in total. The molecule has 1 aliphatic rings. The lowest BCUT2D eigenvalue weighted by Gasteiger charge is -2.23. The van der Waals surface area contributed by atoms with E-state index in [1.54, 1.807) is 18.3 Å². The Morgan fingerprint density at radius 2 is 1.79 bits per heavy atom. The molecule has 0 saturated carbocycles. The Balaban J connectivity index is 1.55. The molecule has 198 valence electrons. The van der Waals surface area contributed by atoms with Gasteiger partial charge in [-0.05, 0) is 60.7 Å². The molecule has 0 bridgehead atoms. The van der Waals surface area contributed by atoms with E-state index in [2.05, 4.69) is 40.5 Å². The molecule has 0 fully saturated rings. The average Bonchev–Trinajstić information content (AvgIpc) is 3.52. The number of nitrogens with zero attached hydrogens (tertiary/aromatic N) is 3. The Morgan fingerprint density at radius 1 is 1.05 bits per heavy atom. The third-order valence-electron chi connectivity index (χ3n) is 6.75. The standard InChI is InChI=1S/C30H33N3O5/c1-5-8-21-14-20(17-33-19(3)32-29-24(33)10-7-13-31-29)15-22(9-6-2)27(21)38-28(30(34)35-4)23-11-12-25-26(16-23)37-18-36-25/h7,10-16,28H,5-6,8-9,17-18H2,1-4H3. The maximum absolute atomic E-state index is 13.0. The second kappa shape index (κ2) is 11.1. The molecule has 8 heteroatoms. The number of benzene rings is 2. The van der Waals surface area contributed by atoms with Crippen molar-refractivity contribution >= 4 is 17.1 Å².